The van der Waals surface area contributed by atoms with Gasteiger partial charge in [-0.15, -0.1) is 0 Å². The summed E-state index contributed by atoms with van der Waals surface area (Å²) < 4.78 is 5.46. The average Bonchev–Trinajstić information content (AvgIpc) is 3.08. The van der Waals surface area contributed by atoms with Gasteiger partial charge < -0.3 is 4.52 Å². The van der Waals surface area contributed by atoms with Gasteiger partial charge in [0.15, 0.2) is 0 Å². The molecule has 0 spiro atoms. The highest BCUT2D eigenvalue weighted by molar-refractivity contribution is 5.96. The Morgan fingerprint density at radius 3 is 2.65 bits per heavy atom. The van der Waals surface area contributed by atoms with Crippen molar-refractivity contribution in [3.8, 4) is 0 Å². The van der Waals surface area contributed by atoms with Gasteiger partial charge in [-0.3, -0.25) is 9.59 Å². The Bertz CT molecular complexity index is 735. The summed E-state index contributed by atoms with van der Waals surface area (Å²) in [5.41, 5.74) is 2.00. The van der Waals surface area contributed by atoms with Crippen molar-refractivity contribution in [2.45, 2.75) is 64.2 Å². The molecule has 0 saturated heterocycles. The van der Waals surface area contributed by atoms with Gasteiger partial charge in [0.05, 0.1) is 5.69 Å². The molecule has 0 aromatic carbocycles. The van der Waals surface area contributed by atoms with Crippen LogP contribution in [0.2, 0.25) is 0 Å². The predicted molar refractivity (Wildman–Crippen MR) is 83.2 cm³/mol. The second-order valence-corrected chi connectivity index (χ2v) is 8.67. The van der Waals surface area contributed by atoms with E-state index in [4.69, 9.17) is 4.52 Å². The number of ketones is 2. The van der Waals surface area contributed by atoms with Crippen LogP contribution in [0.1, 0.15) is 74.2 Å². The van der Waals surface area contributed by atoms with Crippen molar-refractivity contribution >= 4 is 11.6 Å². The van der Waals surface area contributed by atoms with Gasteiger partial charge in [0.2, 0.25) is 11.5 Å². The topological polar surface area (TPSA) is 60.2 Å². The molecular weight excluding hydrogens is 290 g/mol. The van der Waals surface area contributed by atoms with E-state index in [1.54, 1.807) is 0 Å². The number of rotatable bonds is 0. The van der Waals surface area contributed by atoms with E-state index in [9.17, 15) is 9.59 Å². The summed E-state index contributed by atoms with van der Waals surface area (Å²) in [6.07, 6.45) is 6.26. The lowest BCUT2D eigenvalue weighted by molar-refractivity contribution is -0.131. The first kappa shape index (κ1) is 13.9. The largest absolute Gasteiger partial charge is 0.353 e. The summed E-state index contributed by atoms with van der Waals surface area (Å²) in [4.78, 5) is 24.6. The number of Topliss-reactive ketones (excluding diaryl/α,β-unsaturated/α-hetero) is 2. The molecule has 4 aliphatic carbocycles. The molecule has 0 bridgehead atoms. The van der Waals surface area contributed by atoms with Crippen LogP contribution >= 0.6 is 0 Å². The second-order valence-electron chi connectivity index (χ2n) is 8.67. The molecule has 4 heteroatoms. The fourth-order valence-corrected chi connectivity index (χ4v) is 6.58. The molecule has 5 atom stereocenters. The van der Waals surface area contributed by atoms with Crippen molar-refractivity contribution in [1.82, 2.24) is 5.16 Å². The Labute approximate surface area is 136 Å². The minimum atomic E-state index is -0.119. The molecule has 23 heavy (non-hydrogen) atoms. The van der Waals surface area contributed by atoms with Crippen LogP contribution in [0.3, 0.4) is 0 Å². The maximum Gasteiger partial charge on any atom is 0.206 e. The van der Waals surface area contributed by atoms with Crippen LogP contribution in [-0.2, 0) is 16.6 Å². The minimum Gasteiger partial charge on any atom is -0.353 e. The molecule has 1 aromatic heterocycles. The lowest BCUT2D eigenvalue weighted by atomic mass is 9.48. The third-order valence-corrected chi connectivity index (χ3v) is 7.85. The first-order chi connectivity index (χ1) is 10.9. The quantitative estimate of drug-likeness (QED) is 0.736. The maximum atomic E-state index is 12.5. The molecule has 2 fully saturated rings. The van der Waals surface area contributed by atoms with Crippen molar-refractivity contribution < 1.29 is 14.1 Å². The van der Waals surface area contributed by atoms with Crippen LogP contribution in [0.5, 0.6) is 0 Å². The zero-order valence-electron chi connectivity index (χ0n) is 13.9. The van der Waals surface area contributed by atoms with Crippen molar-refractivity contribution in [3.63, 3.8) is 0 Å². The number of nitrogens with zero attached hydrogens (tertiary/aromatic N) is 1. The summed E-state index contributed by atoms with van der Waals surface area (Å²) in [6.45, 7) is 4.51. The molecule has 0 N–H and O–H groups in total. The zero-order chi connectivity index (χ0) is 16.0. The number of aromatic nitrogens is 1. The molecule has 1 heterocycles. The van der Waals surface area contributed by atoms with Gasteiger partial charge in [0, 0.05) is 29.2 Å². The smallest absolute Gasteiger partial charge is 0.206 e. The van der Waals surface area contributed by atoms with E-state index in [1.807, 2.05) is 0 Å². The van der Waals surface area contributed by atoms with Gasteiger partial charge >= 0.3 is 0 Å². The summed E-state index contributed by atoms with van der Waals surface area (Å²) in [5, 5.41) is 4.28. The molecule has 5 rings (SSSR count). The van der Waals surface area contributed by atoms with Gasteiger partial charge in [0.25, 0.3) is 0 Å². The van der Waals surface area contributed by atoms with E-state index in [0.717, 1.165) is 49.8 Å². The fraction of sp³-hybridized carbons (Fsp3) is 0.737. The van der Waals surface area contributed by atoms with Gasteiger partial charge in [-0.1, -0.05) is 19.0 Å². The number of hydrogen-bond acceptors (Lipinski definition) is 4. The summed E-state index contributed by atoms with van der Waals surface area (Å²) >= 11 is 0. The Hall–Kier alpha value is -1.45. The number of carbonyl (C=O) groups is 2. The van der Waals surface area contributed by atoms with Crippen LogP contribution in [0.15, 0.2) is 4.52 Å². The van der Waals surface area contributed by atoms with E-state index in [2.05, 4.69) is 19.0 Å². The van der Waals surface area contributed by atoms with Gasteiger partial charge in [-0.05, 0) is 49.9 Å². The zero-order valence-corrected chi connectivity index (χ0v) is 13.9. The molecule has 0 unspecified atom stereocenters. The average molecular weight is 313 g/mol. The SMILES string of the molecule is C[C@]12CCC(=O)c3onc(c31)C[C@@H]1[C@@H]2CC[C@]2(C)C(=O)CC[C@@H]12. The second kappa shape index (κ2) is 4.14. The van der Waals surface area contributed by atoms with Crippen LogP contribution in [0, 0.1) is 23.2 Å². The molecule has 4 nitrogen and oxygen atoms in total. The van der Waals surface area contributed by atoms with E-state index >= 15 is 0 Å². The summed E-state index contributed by atoms with van der Waals surface area (Å²) in [6, 6.07) is 0. The Balaban J connectivity index is 1.65. The maximum absolute atomic E-state index is 12.5. The molecular formula is C19H23NO3. The highest BCUT2D eigenvalue weighted by Gasteiger charge is 2.60. The van der Waals surface area contributed by atoms with Gasteiger partial charge in [-0.2, -0.15) is 0 Å². The van der Waals surface area contributed by atoms with Crippen LogP contribution in [-0.4, -0.2) is 16.7 Å². The molecule has 0 amide bonds. The van der Waals surface area contributed by atoms with Crippen molar-refractivity contribution in [2.24, 2.45) is 23.2 Å². The van der Waals surface area contributed by atoms with Crippen molar-refractivity contribution in [3.05, 3.63) is 17.0 Å². The molecule has 2 saturated carbocycles. The van der Waals surface area contributed by atoms with Crippen LogP contribution in [0.4, 0.5) is 0 Å². The highest BCUT2D eigenvalue weighted by atomic mass is 16.5. The van der Waals surface area contributed by atoms with E-state index in [1.165, 1.54) is 0 Å². The highest BCUT2D eigenvalue weighted by Crippen LogP contribution is 2.62. The molecule has 4 aliphatic rings. The molecule has 0 radical (unpaired) electrons. The fourth-order valence-electron chi connectivity index (χ4n) is 6.58. The van der Waals surface area contributed by atoms with Crippen molar-refractivity contribution in [1.29, 1.82) is 0 Å². The monoisotopic (exact) mass is 313 g/mol. The Kier molecular flexibility index (Phi) is 2.51. The summed E-state index contributed by atoms with van der Waals surface area (Å²) in [7, 11) is 0. The third kappa shape index (κ3) is 1.50. The first-order valence-electron chi connectivity index (χ1n) is 9.01. The van der Waals surface area contributed by atoms with Crippen molar-refractivity contribution in [2.75, 3.05) is 0 Å². The lowest BCUT2D eigenvalue weighted by Gasteiger charge is -2.55. The Morgan fingerprint density at radius 2 is 1.83 bits per heavy atom. The van der Waals surface area contributed by atoms with E-state index in [-0.39, 0.29) is 16.6 Å². The normalized spacial score (nSPS) is 44.7. The van der Waals surface area contributed by atoms with E-state index in [0.29, 0.717) is 35.7 Å². The number of fused-ring (bicyclic) bond motifs is 4. The first-order valence-corrected chi connectivity index (χ1v) is 9.01. The van der Waals surface area contributed by atoms with Crippen LogP contribution in [0.25, 0.3) is 0 Å². The van der Waals surface area contributed by atoms with Gasteiger partial charge in [0.1, 0.15) is 5.78 Å². The molecule has 1 aromatic rings. The third-order valence-electron chi connectivity index (χ3n) is 7.85. The minimum absolute atomic E-state index is 0.00839. The lowest BCUT2D eigenvalue weighted by Crippen LogP contribution is -2.53. The van der Waals surface area contributed by atoms with Crippen LogP contribution < -0.4 is 0 Å². The predicted octanol–water partition coefficient (Wildman–Crippen LogP) is 3.48. The summed E-state index contributed by atoms with van der Waals surface area (Å²) in [5.74, 6) is 2.68. The van der Waals surface area contributed by atoms with E-state index < -0.39 is 0 Å². The van der Waals surface area contributed by atoms with Gasteiger partial charge in [-0.25, -0.2) is 0 Å². The molecule has 0 aliphatic heterocycles. The number of carbonyl (C=O) groups excluding carboxylic acids is 2. The Morgan fingerprint density at radius 1 is 1.04 bits per heavy atom. The number of hydrogen-bond donors (Lipinski definition) is 0. The molecule has 122 valence electrons. The standard InChI is InChI=1S/C19H23NO3/c1-18-7-5-12-10(11(18)3-4-15(18)22)9-13-16-17(23-20-13)14(21)6-8-19(12,16)2/h10-12H,3-9H2,1-2H3/t10-,11-,12-,18-,19+/m0/s1.